The van der Waals surface area contributed by atoms with Crippen molar-refractivity contribution in [2.75, 3.05) is 49.1 Å². The number of piperazine rings is 1. The van der Waals surface area contributed by atoms with E-state index in [1.54, 1.807) is 6.20 Å². The molecule has 170 valence electrons. The first-order valence-corrected chi connectivity index (χ1v) is 12.0. The molecule has 8 heteroatoms. The van der Waals surface area contributed by atoms with Crippen LogP contribution in [0.25, 0.3) is 11.0 Å². The second kappa shape index (κ2) is 9.83. The number of hydrogen-bond acceptors (Lipinski definition) is 7. The smallest absolute Gasteiger partial charge is 0.232 e. The first-order valence-electron chi connectivity index (χ1n) is 12.0. The van der Waals surface area contributed by atoms with Crippen molar-refractivity contribution < 1.29 is 5.11 Å². The quantitative estimate of drug-likeness (QED) is 0.575. The Bertz CT molecular complexity index is 989. The van der Waals surface area contributed by atoms with E-state index in [4.69, 9.17) is 9.97 Å². The summed E-state index contributed by atoms with van der Waals surface area (Å²) < 4.78 is 0. The van der Waals surface area contributed by atoms with Crippen molar-refractivity contribution in [3.63, 3.8) is 0 Å². The van der Waals surface area contributed by atoms with E-state index in [9.17, 15) is 5.11 Å². The maximum Gasteiger partial charge on any atom is 0.232 e. The number of nitrogens with one attached hydrogen (secondary N) is 1. The lowest BCUT2D eigenvalue weighted by molar-refractivity contribution is 0.189. The van der Waals surface area contributed by atoms with E-state index in [1.807, 2.05) is 6.20 Å². The summed E-state index contributed by atoms with van der Waals surface area (Å²) >= 11 is 0. The summed E-state index contributed by atoms with van der Waals surface area (Å²) in [5.74, 6) is 0.749. The number of nitrogens with zero attached hydrogens (tertiary/aromatic N) is 6. The maximum atomic E-state index is 9.17. The second-order valence-corrected chi connectivity index (χ2v) is 8.93. The fraction of sp³-hybridized carbons (Fsp3) is 0.542. The van der Waals surface area contributed by atoms with Crippen molar-refractivity contribution >= 4 is 28.4 Å². The summed E-state index contributed by atoms with van der Waals surface area (Å²) in [6.45, 7) is 4.97. The summed E-state index contributed by atoms with van der Waals surface area (Å²) in [5.41, 5.74) is 3.19. The van der Waals surface area contributed by atoms with E-state index in [2.05, 4.69) is 49.2 Å². The Morgan fingerprint density at radius 3 is 2.44 bits per heavy atom. The molecule has 0 amide bonds. The van der Waals surface area contributed by atoms with Crippen LogP contribution in [0.3, 0.4) is 0 Å². The largest absolute Gasteiger partial charge is 0.395 e. The van der Waals surface area contributed by atoms with E-state index in [0.29, 0.717) is 6.04 Å². The third-order valence-corrected chi connectivity index (χ3v) is 6.87. The minimum absolute atomic E-state index is 0.234. The molecule has 2 aromatic heterocycles. The molecular formula is C24H33N7O. The average Bonchev–Trinajstić information content (AvgIpc) is 3.14. The first-order chi connectivity index (χ1) is 15.8. The van der Waals surface area contributed by atoms with Gasteiger partial charge in [0, 0.05) is 56.3 Å². The minimum atomic E-state index is 0.234. The number of aliphatic hydroxyl groups excluding tert-OH is 1. The van der Waals surface area contributed by atoms with E-state index in [-0.39, 0.29) is 6.61 Å². The van der Waals surface area contributed by atoms with E-state index in [1.165, 1.54) is 44.2 Å². The van der Waals surface area contributed by atoms with Crippen molar-refractivity contribution in [3.8, 4) is 0 Å². The number of benzene rings is 1. The van der Waals surface area contributed by atoms with Gasteiger partial charge in [-0.15, -0.1) is 0 Å². The van der Waals surface area contributed by atoms with E-state index in [0.717, 1.165) is 55.4 Å². The first kappa shape index (κ1) is 21.2. The molecule has 0 radical (unpaired) electrons. The Hall–Kier alpha value is -2.71. The fourth-order valence-electron chi connectivity index (χ4n) is 5.05. The van der Waals surface area contributed by atoms with Crippen molar-refractivity contribution in [2.45, 2.75) is 44.6 Å². The minimum Gasteiger partial charge on any atom is -0.395 e. The number of β-amino-alcohol motifs (C(OH)–C–C–N with tert-alkyl or cyclic N) is 1. The van der Waals surface area contributed by atoms with Gasteiger partial charge in [-0.05, 0) is 37.1 Å². The van der Waals surface area contributed by atoms with Gasteiger partial charge in [-0.25, -0.2) is 4.98 Å². The molecule has 3 aromatic rings. The van der Waals surface area contributed by atoms with Crippen molar-refractivity contribution in [1.29, 1.82) is 0 Å². The molecule has 1 saturated heterocycles. The summed E-state index contributed by atoms with van der Waals surface area (Å²) in [6, 6.07) is 9.32. The van der Waals surface area contributed by atoms with E-state index < -0.39 is 0 Å². The number of fused-ring (bicyclic) bond motifs is 1. The number of anilines is 3. The highest BCUT2D eigenvalue weighted by atomic mass is 16.3. The van der Waals surface area contributed by atoms with Crippen LogP contribution in [-0.4, -0.2) is 75.5 Å². The topological polar surface area (TPSA) is 84.4 Å². The lowest BCUT2D eigenvalue weighted by atomic mass is 10.1. The normalized spacial score (nSPS) is 18.7. The van der Waals surface area contributed by atoms with Gasteiger partial charge in [0.15, 0.2) is 5.65 Å². The third kappa shape index (κ3) is 4.56. The van der Waals surface area contributed by atoms with Gasteiger partial charge in [0.2, 0.25) is 5.95 Å². The monoisotopic (exact) mass is 435 g/mol. The van der Waals surface area contributed by atoms with Crippen LogP contribution >= 0.6 is 0 Å². The van der Waals surface area contributed by atoms with Gasteiger partial charge < -0.3 is 14.9 Å². The van der Waals surface area contributed by atoms with Gasteiger partial charge in [-0.3, -0.25) is 10.00 Å². The molecule has 0 unspecified atom stereocenters. The lowest BCUT2D eigenvalue weighted by Crippen LogP contribution is -2.47. The van der Waals surface area contributed by atoms with Crippen LogP contribution in [0, 0.1) is 0 Å². The average molecular weight is 436 g/mol. The molecule has 0 spiro atoms. The molecule has 3 heterocycles. The van der Waals surface area contributed by atoms with Crippen LogP contribution in [0.4, 0.5) is 17.3 Å². The van der Waals surface area contributed by atoms with E-state index >= 15 is 0 Å². The van der Waals surface area contributed by atoms with Gasteiger partial charge in [0.05, 0.1) is 18.2 Å². The predicted octanol–water partition coefficient (Wildman–Crippen LogP) is 3.33. The molecular weight excluding hydrogens is 402 g/mol. The van der Waals surface area contributed by atoms with Crippen LogP contribution in [0.2, 0.25) is 0 Å². The zero-order valence-electron chi connectivity index (χ0n) is 18.7. The molecule has 2 N–H and O–H groups in total. The van der Waals surface area contributed by atoms with Crippen molar-refractivity contribution in [2.24, 2.45) is 0 Å². The molecule has 1 aliphatic carbocycles. The molecule has 8 nitrogen and oxygen atoms in total. The Labute approximate surface area is 189 Å². The summed E-state index contributed by atoms with van der Waals surface area (Å²) in [7, 11) is 0. The van der Waals surface area contributed by atoms with Crippen LogP contribution in [0.15, 0.2) is 36.7 Å². The van der Waals surface area contributed by atoms with Gasteiger partial charge >= 0.3 is 0 Å². The number of H-pyrrole nitrogens is 1. The van der Waals surface area contributed by atoms with Crippen molar-refractivity contribution in [1.82, 2.24) is 25.1 Å². The highest BCUT2D eigenvalue weighted by Gasteiger charge is 2.25. The maximum absolute atomic E-state index is 9.17. The van der Waals surface area contributed by atoms with Gasteiger partial charge in [-0.2, -0.15) is 10.1 Å². The third-order valence-electron chi connectivity index (χ3n) is 6.87. The summed E-state index contributed by atoms with van der Waals surface area (Å²) in [4.78, 5) is 16.6. The molecule has 2 fully saturated rings. The number of aromatic nitrogens is 4. The zero-order valence-corrected chi connectivity index (χ0v) is 18.7. The molecule has 1 saturated carbocycles. The molecule has 32 heavy (non-hydrogen) atoms. The Morgan fingerprint density at radius 2 is 1.72 bits per heavy atom. The highest BCUT2D eigenvalue weighted by molar-refractivity contribution is 5.75. The molecule has 0 bridgehead atoms. The fourth-order valence-corrected chi connectivity index (χ4v) is 5.05. The molecule has 5 rings (SSSR count). The SMILES string of the molecule is OCCN1CCN(c2ccc(N(c3ncc4cn[nH]c4n3)C3CCCCCC3)cc2)CC1. The Balaban J connectivity index is 1.40. The van der Waals surface area contributed by atoms with Gasteiger partial charge in [0.25, 0.3) is 0 Å². The van der Waals surface area contributed by atoms with Gasteiger partial charge in [-0.1, -0.05) is 25.7 Å². The van der Waals surface area contributed by atoms with Crippen LogP contribution < -0.4 is 9.80 Å². The number of rotatable bonds is 6. The zero-order chi connectivity index (χ0) is 21.8. The molecule has 1 aliphatic heterocycles. The predicted molar refractivity (Wildman–Crippen MR) is 127 cm³/mol. The standard InChI is InChI=1S/C24H33N7O/c32-16-15-29-11-13-30(14-12-29)20-7-9-22(10-8-20)31(21-5-3-1-2-4-6-21)24-25-17-19-18-26-28-23(19)27-24/h7-10,17-18,21,32H,1-6,11-16H2,(H,25,26,27,28). The summed E-state index contributed by atoms with van der Waals surface area (Å²) in [5, 5.41) is 17.2. The second-order valence-electron chi connectivity index (χ2n) is 8.93. The van der Waals surface area contributed by atoms with Gasteiger partial charge in [0.1, 0.15) is 0 Å². The molecule has 1 aromatic carbocycles. The Morgan fingerprint density at radius 1 is 0.969 bits per heavy atom. The Kier molecular flexibility index (Phi) is 6.50. The van der Waals surface area contributed by atoms with Crippen LogP contribution in [-0.2, 0) is 0 Å². The number of aliphatic hydroxyl groups is 1. The van der Waals surface area contributed by atoms with Crippen LogP contribution in [0.5, 0.6) is 0 Å². The molecule has 0 atom stereocenters. The highest BCUT2D eigenvalue weighted by Crippen LogP contribution is 2.33. The van der Waals surface area contributed by atoms with Crippen LogP contribution in [0.1, 0.15) is 38.5 Å². The molecule has 2 aliphatic rings. The number of hydrogen-bond donors (Lipinski definition) is 2. The number of aromatic amines is 1. The lowest BCUT2D eigenvalue weighted by Gasteiger charge is -2.36. The van der Waals surface area contributed by atoms with Crippen molar-refractivity contribution in [3.05, 3.63) is 36.7 Å². The summed E-state index contributed by atoms with van der Waals surface area (Å²) in [6.07, 6.45) is 11.1.